The van der Waals surface area contributed by atoms with E-state index in [1.54, 1.807) is 18.4 Å². The molecule has 0 spiro atoms. The average molecular weight is 261 g/mol. The molecule has 100 valence electrons. The van der Waals surface area contributed by atoms with E-state index in [2.05, 4.69) is 20.3 Å². The predicted molar refractivity (Wildman–Crippen MR) is 68.9 cm³/mol. The molecule has 0 aliphatic carbocycles. The van der Waals surface area contributed by atoms with Gasteiger partial charge in [0.25, 0.3) is 0 Å². The van der Waals surface area contributed by atoms with Gasteiger partial charge in [0.15, 0.2) is 5.69 Å². The smallest absolute Gasteiger partial charge is 0.358 e. The zero-order valence-electron chi connectivity index (χ0n) is 10.8. The number of nitrogens with zero attached hydrogens (tertiary/aromatic N) is 2. The Morgan fingerprint density at radius 2 is 2.26 bits per heavy atom. The maximum absolute atomic E-state index is 11.2. The number of esters is 1. The van der Waals surface area contributed by atoms with Gasteiger partial charge in [0.1, 0.15) is 11.6 Å². The van der Waals surface area contributed by atoms with Crippen molar-refractivity contribution < 1.29 is 13.9 Å². The maximum atomic E-state index is 11.2. The van der Waals surface area contributed by atoms with Gasteiger partial charge in [-0.1, -0.05) is 0 Å². The fraction of sp³-hybridized carbons (Fsp3) is 0.308. The van der Waals surface area contributed by atoms with Crippen molar-refractivity contribution in [3.05, 3.63) is 42.0 Å². The number of furan rings is 1. The van der Waals surface area contributed by atoms with Gasteiger partial charge in [-0.3, -0.25) is 0 Å². The molecule has 0 saturated heterocycles. The highest BCUT2D eigenvalue weighted by atomic mass is 16.5. The van der Waals surface area contributed by atoms with E-state index in [0.29, 0.717) is 5.82 Å². The third-order valence-corrected chi connectivity index (χ3v) is 2.54. The zero-order valence-corrected chi connectivity index (χ0v) is 10.8. The van der Waals surface area contributed by atoms with Crippen LogP contribution < -0.4 is 5.32 Å². The first-order valence-corrected chi connectivity index (χ1v) is 5.90. The van der Waals surface area contributed by atoms with E-state index >= 15 is 0 Å². The van der Waals surface area contributed by atoms with Gasteiger partial charge < -0.3 is 14.5 Å². The van der Waals surface area contributed by atoms with Crippen LogP contribution >= 0.6 is 0 Å². The molecule has 0 fully saturated rings. The summed E-state index contributed by atoms with van der Waals surface area (Å²) in [5.41, 5.74) is 0.187. The van der Waals surface area contributed by atoms with Crippen LogP contribution in [-0.2, 0) is 11.2 Å². The number of methoxy groups -OCH3 is 1. The normalized spacial score (nSPS) is 11.9. The monoisotopic (exact) mass is 261 g/mol. The second-order valence-corrected chi connectivity index (χ2v) is 4.12. The van der Waals surface area contributed by atoms with Crippen LogP contribution in [0.15, 0.2) is 34.9 Å². The van der Waals surface area contributed by atoms with Crippen molar-refractivity contribution in [2.24, 2.45) is 0 Å². The van der Waals surface area contributed by atoms with Gasteiger partial charge in [0, 0.05) is 12.5 Å². The highest BCUT2D eigenvalue weighted by Gasteiger charge is 2.10. The van der Waals surface area contributed by atoms with Crippen LogP contribution in [0.4, 0.5) is 5.82 Å². The van der Waals surface area contributed by atoms with E-state index in [0.717, 1.165) is 12.2 Å². The van der Waals surface area contributed by atoms with Crippen LogP contribution in [0.5, 0.6) is 0 Å². The quantitative estimate of drug-likeness (QED) is 0.828. The highest BCUT2D eigenvalue weighted by molar-refractivity contribution is 5.86. The minimum absolute atomic E-state index is 0.143. The zero-order chi connectivity index (χ0) is 13.7. The predicted octanol–water partition coefficient (Wildman–Crippen LogP) is 1.90. The van der Waals surface area contributed by atoms with Gasteiger partial charge >= 0.3 is 5.97 Å². The van der Waals surface area contributed by atoms with Gasteiger partial charge in [-0.2, -0.15) is 0 Å². The second-order valence-electron chi connectivity index (χ2n) is 4.12. The van der Waals surface area contributed by atoms with Gasteiger partial charge in [0.2, 0.25) is 0 Å². The number of rotatable bonds is 5. The van der Waals surface area contributed by atoms with Crippen LogP contribution in [-0.4, -0.2) is 29.3 Å². The van der Waals surface area contributed by atoms with E-state index in [1.807, 2.05) is 19.1 Å². The molecule has 6 nitrogen and oxygen atoms in total. The Hall–Kier alpha value is -2.37. The van der Waals surface area contributed by atoms with Gasteiger partial charge in [-0.25, -0.2) is 4.79 Å². The number of ether oxygens (including phenoxy) is 1. The lowest BCUT2D eigenvalue weighted by Crippen LogP contribution is -2.19. The molecule has 0 amide bonds. The Kier molecular flexibility index (Phi) is 4.12. The molecule has 2 aromatic rings. The van der Waals surface area contributed by atoms with Crippen molar-refractivity contribution in [3.8, 4) is 0 Å². The third kappa shape index (κ3) is 3.54. The molecule has 1 unspecified atom stereocenters. The van der Waals surface area contributed by atoms with Crippen molar-refractivity contribution >= 4 is 11.8 Å². The minimum atomic E-state index is -0.498. The van der Waals surface area contributed by atoms with Crippen molar-refractivity contribution in [1.82, 2.24) is 10.2 Å². The molecule has 0 radical (unpaired) electrons. The molecule has 0 aliphatic rings. The number of hydrogen-bond donors (Lipinski definition) is 1. The molecule has 6 heteroatoms. The fourth-order valence-corrected chi connectivity index (χ4v) is 1.66. The van der Waals surface area contributed by atoms with Crippen molar-refractivity contribution in [3.63, 3.8) is 0 Å². The lowest BCUT2D eigenvalue weighted by molar-refractivity contribution is 0.0593. The number of hydrogen-bond acceptors (Lipinski definition) is 6. The second kappa shape index (κ2) is 5.99. The SMILES string of the molecule is COC(=O)c1ccc(NC(C)Cc2ccco2)nn1. The standard InChI is InChI=1S/C13H15N3O3/c1-9(8-10-4-3-7-19-10)14-12-6-5-11(15-16-12)13(17)18-2/h3-7,9H,8H2,1-2H3,(H,14,16). The topological polar surface area (TPSA) is 77.2 Å². The molecule has 0 saturated carbocycles. The molecule has 0 bridgehead atoms. The largest absolute Gasteiger partial charge is 0.469 e. The molecule has 1 N–H and O–H groups in total. The Morgan fingerprint density at radius 1 is 1.42 bits per heavy atom. The molecule has 2 aromatic heterocycles. The van der Waals surface area contributed by atoms with E-state index in [-0.39, 0.29) is 11.7 Å². The van der Waals surface area contributed by atoms with Crippen LogP contribution in [0.1, 0.15) is 23.2 Å². The summed E-state index contributed by atoms with van der Waals surface area (Å²) < 4.78 is 9.82. The summed E-state index contributed by atoms with van der Waals surface area (Å²) in [5.74, 6) is 1.01. The number of anilines is 1. The molecule has 0 aromatic carbocycles. The summed E-state index contributed by atoms with van der Waals surface area (Å²) in [6.45, 7) is 2.01. The first-order chi connectivity index (χ1) is 9.19. The maximum Gasteiger partial charge on any atom is 0.358 e. The minimum Gasteiger partial charge on any atom is -0.469 e. The van der Waals surface area contributed by atoms with Gasteiger partial charge in [-0.15, -0.1) is 10.2 Å². The summed E-state index contributed by atoms with van der Waals surface area (Å²) in [4.78, 5) is 11.2. The molecular weight excluding hydrogens is 246 g/mol. The molecular formula is C13H15N3O3. The van der Waals surface area contributed by atoms with Crippen LogP contribution in [0, 0.1) is 0 Å². The van der Waals surface area contributed by atoms with E-state index in [9.17, 15) is 4.79 Å². The molecule has 2 heterocycles. The Labute approximate surface area is 110 Å². The average Bonchev–Trinajstić information content (AvgIpc) is 2.91. The van der Waals surface area contributed by atoms with Crippen molar-refractivity contribution in [1.29, 1.82) is 0 Å². The summed E-state index contributed by atoms with van der Waals surface area (Å²) in [6.07, 6.45) is 2.39. The van der Waals surface area contributed by atoms with E-state index < -0.39 is 5.97 Å². The summed E-state index contributed by atoms with van der Waals surface area (Å²) >= 11 is 0. The number of carbonyl (C=O) groups excluding carboxylic acids is 1. The summed E-state index contributed by atoms with van der Waals surface area (Å²) in [7, 11) is 1.31. The fourth-order valence-electron chi connectivity index (χ4n) is 1.66. The highest BCUT2D eigenvalue weighted by Crippen LogP contribution is 2.09. The van der Waals surface area contributed by atoms with E-state index in [4.69, 9.17) is 4.42 Å². The van der Waals surface area contributed by atoms with Crippen LogP contribution in [0.3, 0.4) is 0 Å². The first-order valence-electron chi connectivity index (χ1n) is 5.90. The Morgan fingerprint density at radius 3 is 2.84 bits per heavy atom. The summed E-state index contributed by atoms with van der Waals surface area (Å²) in [5, 5.41) is 10.9. The molecule has 19 heavy (non-hydrogen) atoms. The van der Waals surface area contributed by atoms with Crippen LogP contribution in [0.25, 0.3) is 0 Å². The number of nitrogens with one attached hydrogen (secondary N) is 1. The lowest BCUT2D eigenvalue weighted by atomic mass is 10.2. The van der Waals surface area contributed by atoms with Gasteiger partial charge in [0.05, 0.1) is 13.4 Å². The lowest BCUT2D eigenvalue weighted by Gasteiger charge is -2.12. The third-order valence-electron chi connectivity index (χ3n) is 2.54. The number of aromatic nitrogens is 2. The Balaban J connectivity index is 1.93. The van der Waals surface area contributed by atoms with Crippen molar-refractivity contribution in [2.75, 3.05) is 12.4 Å². The van der Waals surface area contributed by atoms with Crippen molar-refractivity contribution in [2.45, 2.75) is 19.4 Å². The first kappa shape index (κ1) is 13.1. The van der Waals surface area contributed by atoms with Crippen LogP contribution in [0.2, 0.25) is 0 Å². The van der Waals surface area contributed by atoms with Gasteiger partial charge in [-0.05, 0) is 31.2 Å². The van der Waals surface area contributed by atoms with E-state index in [1.165, 1.54) is 7.11 Å². The number of carbonyl (C=O) groups is 1. The summed E-state index contributed by atoms with van der Waals surface area (Å²) in [6, 6.07) is 7.18. The molecule has 0 aliphatic heterocycles. The molecule has 1 atom stereocenters. The molecule has 2 rings (SSSR count). The Bertz CT molecular complexity index is 523.